The van der Waals surface area contributed by atoms with Crippen LogP contribution in [0, 0.1) is 6.92 Å². The number of benzene rings is 4. The van der Waals surface area contributed by atoms with Gasteiger partial charge in [-0.15, -0.1) is 0 Å². The van der Waals surface area contributed by atoms with Gasteiger partial charge in [-0.1, -0.05) is 54.1 Å². The summed E-state index contributed by atoms with van der Waals surface area (Å²) >= 11 is 5.88. The minimum Gasteiger partial charge on any atom is -0.483 e. The summed E-state index contributed by atoms with van der Waals surface area (Å²) in [5, 5.41) is 3.39. The molecule has 0 bridgehead atoms. The maximum Gasteiger partial charge on any atom is 0.265 e. The molecule has 1 aliphatic rings. The summed E-state index contributed by atoms with van der Waals surface area (Å²) in [6, 6.07) is 27.5. The highest BCUT2D eigenvalue weighted by Crippen LogP contribution is 2.33. The lowest BCUT2D eigenvalue weighted by Gasteiger charge is -2.34. The number of hydrogen-bond donors (Lipinski definition) is 2. The van der Waals surface area contributed by atoms with Crippen molar-refractivity contribution < 1.29 is 27.5 Å². The Morgan fingerprint density at radius 1 is 0.977 bits per heavy atom. The van der Waals surface area contributed by atoms with Crippen molar-refractivity contribution in [2.45, 2.75) is 24.3 Å². The van der Waals surface area contributed by atoms with Gasteiger partial charge in [0.25, 0.3) is 21.8 Å². The minimum absolute atomic E-state index is 0.0168. The fraction of sp³-hybridized carbons (Fsp3) is 0.188. The molecule has 0 spiro atoms. The predicted molar refractivity (Wildman–Crippen MR) is 165 cm³/mol. The van der Waals surface area contributed by atoms with Gasteiger partial charge in [0.2, 0.25) is 0 Å². The summed E-state index contributed by atoms with van der Waals surface area (Å²) in [4.78, 5) is 27.9. The third-order valence-electron chi connectivity index (χ3n) is 6.83. The fourth-order valence-electron chi connectivity index (χ4n) is 4.60. The maximum atomic E-state index is 13.4. The van der Waals surface area contributed by atoms with Crippen molar-refractivity contribution >= 4 is 44.8 Å². The molecule has 9 nitrogen and oxygen atoms in total. The number of para-hydroxylation sites is 2. The molecule has 4 aromatic rings. The maximum absolute atomic E-state index is 13.4. The molecule has 222 valence electrons. The Labute approximate surface area is 255 Å². The quantitative estimate of drug-likeness (QED) is 0.259. The summed E-state index contributed by atoms with van der Waals surface area (Å²) in [6.45, 7) is 1.82. The molecule has 0 aromatic heterocycles. The Morgan fingerprint density at radius 2 is 1.70 bits per heavy atom. The van der Waals surface area contributed by atoms with Gasteiger partial charge in [0.1, 0.15) is 11.5 Å². The molecule has 2 N–H and O–H groups in total. The number of halogens is 1. The van der Waals surface area contributed by atoms with Crippen LogP contribution in [0.2, 0.25) is 5.02 Å². The molecule has 1 atom stereocenters. The van der Waals surface area contributed by atoms with Crippen molar-refractivity contribution in [1.82, 2.24) is 5.32 Å². The van der Waals surface area contributed by atoms with Gasteiger partial charge in [-0.2, -0.15) is 0 Å². The summed E-state index contributed by atoms with van der Waals surface area (Å²) in [7, 11) is -3.86. The van der Waals surface area contributed by atoms with E-state index in [1.54, 1.807) is 55.5 Å². The molecular weight excluding hydrogens is 590 g/mol. The topological polar surface area (TPSA) is 114 Å². The molecule has 43 heavy (non-hydrogen) atoms. The number of anilines is 2. The van der Waals surface area contributed by atoms with Crippen molar-refractivity contribution in [3.63, 3.8) is 0 Å². The summed E-state index contributed by atoms with van der Waals surface area (Å²) in [5.41, 5.74) is 2.55. The van der Waals surface area contributed by atoms with Gasteiger partial charge in [-0.05, 0) is 79.1 Å². The lowest BCUT2D eigenvalue weighted by molar-refractivity contribution is -0.128. The number of fused-ring (bicyclic) bond motifs is 1. The number of carbonyl (C=O) groups excluding carboxylic acids is 2. The van der Waals surface area contributed by atoms with Crippen LogP contribution in [0.4, 0.5) is 11.4 Å². The van der Waals surface area contributed by atoms with Crippen LogP contribution in [0.25, 0.3) is 0 Å². The average molecular weight is 620 g/mol. The van der Waals surface area contributed by atoms with E-state index in [1.165, 1.54) is 23.1 Å². The molecule has 11 heteroatoms. The zero-order valence-corrected chi connectivity index (χ0v) is 24.9. The molecule has 2 amide bonds. The predicted octanol–water partition coefficient (Wildman–Crippen LogP) is 4.98. The van der Waals surface area contributed by atoms with Crippen LogP contribution < -0.4 is 24.4 Å². The molecule has 1 heterocycles. The highest BCUT2D eigenvalue weighted by atomic mass is 35.5. The summed E-state index contributed by atoms with van der Waals surface area (Å²) < 4.78 is 40.0. The smallest absolute Gasteiger partial charge is 0.265 e. The zero-order chi connectivity index (χ0) is 30.4. The van der Waals surface area contributed by atoms with E-state index in [0.717, 1.165) is 5.56 Å². The van der Waals surface area contributed by atoms with Crippen molar-refractivity contribution in [2.24, 2.45) is 0 Å². The monoisotopic (exact) mass is 619 g/mol. The SMILES string of the molecule is Cc1cc(S(=O)(=O)Nc2ccc(Cl)cc2)ccc1OCC(=O)N1C[C@@H](C(=O)NCCc2ccccc2)Oc2ccccc21. The van der Waals surface area contributed by atoms with Crippen LogP contribution in [0.1, 0.15) is 11.1 Å². The van der Waals surface area contributed by atoms with E-state index in [0.29, 0.717) is 46.4 Å². The highest BCUT2D eigenvalue weighted by molar-refractivity contribution is 7.92. The van der Waals surface area contributed by atoms with E-state index in [-0.39, 0.29) is 29.9 Å². The Bertz CT molecular complexity index is 1720. The van der Waals surface area contributed by atoms with Crippen LogP contribution in [-0.4, -0.2) is 46.0 Å². The van der Waals surface area contributed by atoms with Crippen LogP contribution in [-0.2, 0) is 26.0 Å². The van der Waals surface area contributed by atoms with E-state index in [1.807, 2.05) is 30.3 Å². The first-order chi connectivity index (χ1) is 20.7. The number of hydrogen-bond acceptors (Lipinski definition) is 6. The van der Waals surface area contributed by atoms with Gasteiger partial charge in [0.05, 0.1) is 17.1 Å². The molecule has 0 saturated carbocycles. The first kappa shape index (κ1) is 29.9. The van der Waals surface area contributed by atoms with Crippen LogP contribution >= 0.6 is 11.6 Å². The van der Waals surface area contributed by atoms with Gasteiger partial charge >= 0.3 is 0 Å². The number of amides is 2. The normalized spacial score (nSPS) is 14.3. The molecule has 0 fully saturated rings. The van der Waals surface area contributed by atoms with E-state index in [4.69, 9.17) is 21.1 Å². The molecule has 0 radical (unpaired) electrons. The van der Waals surface area contributed by atoms with Crippen molar-refractivity contribution in [1.29, 1.82) is 0 Å². The lowest BCUT2D eigenvalue weighted by atomic mass is 10.1. The van der Waals surface area contributed by atoms with Gasteiger partial charge < -0.3 is 19.7 Å². The van der Waals surface area contributed by atoms with Crippen molar-refractivity contribution in [3.05, 3.63) is 113 Å². The number of sulfonamides is 1. The average Bonchev–Trinajstić information content (AvgIpc) is 3.01. The number of ether oxygens (including phenoxy) is 2. The van der Waals surface area contributed by atoms with E-state index in [9.17, 15) is 18.0 Å². The Kier molecular flexibility index (Phi) is 9.18. The minimum atomic E-state index is -3.86. The second kappa shape index (κ2) is 13.2. The Hall–Kier alpha value is -4.54. The zero-order valence-electron chi connectivity index (χ0n) is 23.3. The number of aryl methyl sites for hydroxylation is 1. The first-order valence-corrected chi connectivity index (χ1v) is 15.5. The summed E-state index contributed by atoms with van der Waals surface area (Å²) in [5.74, 6) is 0.0853. The van der Waals surface area contributed by atoms with Crippen LogP contribution in [0.3, 0.4) is 0 Å². The standard InChI is InChI=1S/C32H30ClN3O6S/c1-22-19-26(43(39,40)35-25-13-11-24(33)12-14-25)15-16-28(22)41-21-31(37)36-20-30(42-29-10-6-5-9-27(29)36)32(38)34-18-17-23-7-3-2-4-8-23/h2-16,19,30,35H,17-18,20-21H2,1H3,(H,34,38)/t30-/m0/s1. The first-order valence-electron chi connectivity index (χ1n) is 13.6. The third kappa shape index (κ3) is 7.46. The van der Waals surface area contributed by atoms with Gasteiger partial charge in [-0.3, -0.25) is 14.3 Å². The molecule has 4 aromatic carbocycles. The number of nitrogens with zero attached hydrogens (tertiary/aromatic N) is 1. The number of nitrogens with one attached hydrogen (secondary N) is 2. The van der Waals surface area contributed by atoms with E-state index < -0.39 is 16.1 Å². The Balaban J connectivity index is 1.22. The van der Waals surface area contributed by atoms with Crippen molar-refractivity contribution in [2.75, 3.05) is 29.3 Å². The molecule has 0 aliphatic carbocycles. The molecule has 0 unspecified atom stereocenters. The molecule has 0 saturated heterocycles. The largest absolute Gasteiger partial charge is 0.483 e. The van der Waals surface area contributed by atoms with Gasteiger partial charge in [0, 0.05) is 17.3 Å². The van der Waals surface area contributed by atoms with Crippen molar-refractivity contribution in [3.8, 4) is 11.5 Å². The summed E-state index contributed by atoms with van der Waals surface area (Å²) in [6.07, 6.45) is -0.225. The van der Waals surface area contributed by atoms with Crippen LogP contribution in [0.5, 0.6) is 11.5 Å². The molecule has 5 rings (SSSR count). The van der Waals surface area contributed by atoms with Gasteiger partial charge in [-0.25, -0.2) is 8.42 Å². The molecule has 1 aliphatic heterocycles. The van der Waals surface area contributed by atoms with E-state index >= 15 is 0 Å². The highest BCUT2D eigenvalue weighted by Gasteiger charge is 2.34. The van der Waals surface area contributed by atoms with Gasteiger partial charge in [0.15, 0.2) is 12.7 Å². The second-order valence-corrected chi connectivity index (χ2v) is 12.1. The number of rotatable bonds is 10. The third-order valence-corrected chi connectivity index (χ3v) is 8.46. The van der Waals surface area contributed by atoms with E-state index in [2.05, 4.69) is 10.0 Å². The molecular formula is C32H30ClN3O6S. The number of carbonyl (C=O) groups is 2. The second-order valence-electron chi connectivity index (χ2n) is 9.93. The van der Waals surface area contributed by atoms with Crippen LogP contribution in [0.15, 0.2) is 102 Å². The lowest BCUT2D eigenvalue weighted by Crippen LogP contribution is -2.52. The Morgan fingerprint density at radius 3 is 2.44 bits per heavy atom. The fourth-order valence-corrected chi connectivity index (χ4v) is 5.87.